The van der Waals surface area contributed by atoms with Crippen LogP contribution in [-0.2, 0) is 4.79 Å². The number of anilines is 1. The third-order valence-corrected chi connectivity index (χ3v) is 3.28. The van der Waals surface area contributed by atoms with Gasteiger partial charge in [0.15, 0.2) is 0 Å². The average molecular weight is 343 g/mol. The molecule has 0 aliphatic carbocycles. The molecule has 5 nitrogen and oxygen atoms in total. The fourth-order valence-corrected chi connectivity index (χ4v) is 2.40. The first-order valence-corrected chi connectivity index (χ1v) is 7.17. The van der Waals surface area contributed by atoms with Crippen molar-refractivity contribution in [3.63, 3.8) is 0 Å². The van der Waals surface area contributed by atoms with Gasteiger partial charge in [0.05, 0.1) is 11.5 Å². The summed E-state index contributed by atoms with van der Waals surface area (Å²) in [6, 6.07) is 4.56. The normalized spacial score (nSPS) is 12.2. The number of carboxylic acids is 1. The molecule has 1 aromatic carbocycles. The Morgan fingerprint density at radius 2 is 2.00 bits per heavy atom. The van der Waals surface area contributed by atoms with Crippen molar-refractivity contribution >= 4 is 33.5 Å². The van der Waals surface area contributed by atoms with Crippen LogP contribution in [0.4, 0.5) is 5.69 Å². The Hall–Kier alpha value is -1.40. The number of carbonyl (C=O) groups excluding carboxylic acids is 1. The van der Waals surface area contributed by atoms with Gasteiger partial charge in [-0.15, -0.1) is 0 Å². The summed E-state index contributed by atoms with van der Waals surface area (Å²) in [6.07, 6.45) is 0.697. The Labute approximate surface area is 126 Å². The lowest BCUT2D eigenvalue weighted by Gasteiger charge is -2.17. The molecule has 1 rings (SSSR count). The number of hydrogen-bond acceptors (Lipinski definition) is 3. The number of nitrogens with one attached hydrogen (secondary N) is 1. The number of benzene rings is 1. The van der Waals surface area contributed by atoms with Crippen LogP contribution in [-0.4, -0.2) is 23.5 Å². The van der Waals surface area contributed by atoms with Gasteiger partial charge in [-0.3, -0.25) is 4.79 Å². The van der Waals surface area contributed by atoms with Gasteiger partial charge in [0.25, 0.3) is 0 Å². The molecule has 0 fully saturated rings. The number of nitrogens with two attached hydrogens (primary N) is 1. The van der Waals surface area contributed by atoms with Crippen molar-refractivity contribution in [3.05, 3.63) is 28.2 Å². The minimum Gasteiger partial charge on any atom is -0.478 e. The van der Waals surface area contributed by atoms with E-state index in [0.29, 0.717) is 22.5 Å². The van der Waals surface area contributed by atoms with Gasteiger partial charge < -0.3 is 16.2 Å². The number of halogens is 1. The zero-order valence-electron chi connectivity index (χ0n) is 11.5. The van der Waals surface area contributed by atoms with Crippen LogP contribution in [0.25, 0.3) is 0 Å². The molecule has 1 aromatic rings. The third-order valence-electron chi connectivity index (χ3n) is 2.82. The van der Waals surface area contributed by atoms with E-state index in [1.165, 1.54) is 12.1 Å². The first-order chi connectivity index (χ1) is 9.33. The number of amides is 1. The molecule has 0 saturated carbocycles. The fraction of sp³-hybridized carbons (Fsp3) is 0.429. The van der Waals surface area contributed by atoms with E-state index in [9.17, 15) is 9.59 Å². The summed E-state index contributed by atoms with van der Waals surface area (Å²) in [6.45, 7) is 4.32. The highest BCUT2D eigenvalue weighted by Crippen LogP contribution is 2.21. The van der Waals surface area contributed by atoms with E-state index in [1.54, 1.807) is 6.07 Å². The summed E-state index contributed by atoms with van der Waals surface area (Å²) in [5, 5.41) is 11.7. The molecule has 1 atom stereocenters. The van der Waals surface area contributed by atoms with Crippen LogP contribution in [0.1, 0.15) is 30.6 Å². The van der Waals surface area contributed by atoms with E-state index >= 15 is 0 Å². The molecule has 0 saturated heterocycles. The quantitative estimate of drug-likeness (QED) is 0.740. The van der Waals surface area contributed by atoms with E-state index in [-0.39, 0.29) is 23.9 Å². The SMILES string of the molecule is CC(C)CC(CN)C(=O)Nc1cc(Br)cc(C(=O)O)c1. The van der Waals surface area contributed by atoms with Crippen LogP contribution in [0.15, 0.2) is 22.7 Å². The maximum atomic E-state index is 12.1. The molecule has 110 valence electrons. The predicted octanol–water partition coefficient (Wildman–Crippen LogP) is 2.71. The monoisotopic (exact) mass is 342 g/mol. The van der Waals surface area contributed by atoms with Crippen molar-refractivity contribution in [1.82, 2.24) is 0 Å². The summed E-state index contributed by atoms with van der Waals surface area (Å²) < 4.78 is 0.598. The van der Waals surface area contributed by atoms with Gasteiger partial charge in [-0.1, -0.05) is 29.8 Å². The van der Waals surface area contributed by atoms with E-state index in [4.69, 9.17) is 10.8 Å². The molecule has 0 bridgehead atoms. The summed E-state index contributed by atoms with van der Waals surface area (Å²) >= 11 is 3.23. The Morgan fingerprint density at radius 3 is 2.50 bits per heavy atom. The number of carboxylic acid groups (broad SMARTS) is 1. The zero-order valence-corrected chi connectivity index (χ0v) is 13.1. The smallest absolute Gasteiger partial charge is 0.335 e. The number of rotatable bonds is 6. The van der Waals surface area contributed by atoms with Crippen LogP contribution in [0, 0.1) is 11.8 Å². The second-order valence-electron chi connectivity index (χ2n) is 5.09. The molecule has 4 N–H and O–H groups in total. The van der Waals surface area contributed by atoms with E-state index in [0.717, 1.165) is 0 Å². The van der Waals surface area contributed by atoms with Crippen molar-refractivity contribution < 1.29 is 14.7 Å². The summed E-state index contributed by atoms with van der Waals surface area (Å²) in [5.74, 6) is -1.14. The van der Waals surface area contributed by atoms with Gasteiger partial charge in [-0.25, -0.2) is 4.79 Å². The van der Waals surface area contributed by atoms with E-state index in [2.05, 4.69) is 21.2 Å². The maximum absolute atomic E-state index is 12.1. The molecule has 1 amide bonds. The van der Waals surface area contributed by atoms with E-state index < -0.39 is 5.97 Å². The minimum absolute atomic E-state index is 0.114. The highest BCUT2D eigenvalue weighted by atomic mass is 79.9. The average Bonchev–Trinajstić information content (AvgIpc) is 2.34. The van der Waals surface area contributed by atoms with Crippen molar-refractivity contribution in [1.29, 1.82) is 0 Å². The lowest BCUT2D eigenvalue weighted by atomic mass is 9.96. The Morgan fingerprint density at radius 1 is 1.35 bits per heavy atom. The Kier molecular flexibility index (Phi) is 6.16. The third kappa shape index (κ3) is 4.94. The lowest BCUT2D eigenvalue weighted by molar-refractivity contribution is -0.120. The maximum Gasteiger partial charge on any atom is 0.335 e. The second-order valence-corrected chi connectivity index (χ2v) is 6.00. The van der Waals surface area contributed by atoms with Gasteiger partial charge in [0, 0.05) is 16.7 Å². The largest absolute Gasteiger partial charge is 0.478 e. The molecular formula is C14H19BrN2O3. The van der Waals surface area contributed by atoms with Crippen LogP contribution >= 0.6 is 15.9 Å². The van der Waals surface area contributed by atoms with Crippen LogP contribution in [0.5, 0.6) is 0 Å². The van der Waals surface area contributed by atoms with Crippen LogP contribution in [0.3, 0.4) is 0 Å². The summed E-state index contributed by atoms with van der Waals surface area (Å²) in [7, 11) is 0. The Bertz CT molecular complexity index is 503. The molecule has 6 heteroatoms. The van der Waals surface area contributed by atoms with Gasteiger partial charge in [0.1, 0.15) is 0 Å². The van der Waals surface area contributed by atoms with Crippen LogP contribution < -0.4 is 11.1 Å². The second kappa shape index (κ2) is 7.40. The lowest BCUT2D eigenvalue weighted by Crippen LogP contribution is -2.30. The van der Waals surface area contributed by atoms with Crippen molar-refractivity contribution in [2.45, 2.75) is 20.3 Å². The highest BCUT2D eigenvalue weighted by Gasteiger charge is 2.19. The minimum atomic E-state index is -1.04. The molecule has 0 aromatic heterocycles. The summed E-state index contributed by atoms with van der Waals surface area (Å²) in [4.78, 5) is 23.1. The van der Waals surface area contributed by atoms with Crippen molar-refractivity contribution in [2.24, 2.45) is 17.6 Å². The molecule has 1 unspecified atom stereocenters. The van der Waals surface area contributed by atoms with Crippen molar-refractivity contribution in [2.75, 3.05) is 11.9 Å². The molecule has 20 heavy (non-hydrogen) atoms. The van der Waals surface area contributed by atoms with Gasteiger partial charge >= 0.3 is 5.97 Å². The van der Waals surface area contributed by atoms with E-state index in [1.807, 2.05) is 13.8 Å². The standard InChI is InChI=1S/C14H19BrN2O3/c1-8(2)3-10(7-16)13(18)17-12-5-9(14(19)20)4-11(15)6-12/h4-6,8,10H,3,7,16H2,1-2H3,(H,17,18)(H,19,20). The van der Waals surface area contributed by atoms with Gasteiger partial charge in [-0.2, -0.15) is 0 Å². The topological polar surface area (TPSA) is 92.4 Å². The first-order valence-electron chi connectivity index (χ1n) is 6.38. The fourth-order valence-electron chi connectivity index (χ4n) is 1.91. The predicted molar refractivity (Wildman–Crippen MR) is 81.7 cm³/mol. The van der Waals surface area contributed by atoms with Crippen molar-refractivity contribution in [3.8, 4) is 0 Å². The molecule has 0 radical (unpaired) electrons. The van der Waals surface area contributed by atoms with Gasteiger partial charge in [0.2, 0.25) is 5.91 Å². The molecular weight excluding hydrogens is 324 g/mol. The molecule has 0 aliphatic rings. The van der Waals surface area contributed by atoms with Gasteiger partial charge in [-0.05, 0) is 30.5 Å². The number of hydrogen-bond donors (Lipinski definition) is 3. The molecule has 0 spiro atoms. The Balaban J connectivity index is 2.86. The highest BCUT2D eigenvalue weighted by molar-refractivity contribution is 9.10. The number of aromatic carboxylic acids is 1. The summed E-state index contributed by atoms with van der Waals surface area (Å²) in [5.41, 5.74) is 6.18. The zero-order chi connectivity index (χ0) is 15.3. The number of carbonyl (C=O) groups is 2. The van der Waals surface area contributed by atoms with Crippen LogP contribution in [0.2, 0.25) is 0 Å². The molecule has 0 heterocycles. The first kappa shape index (κ1) is 16.7. The molecule has 0 aliphatic heterocycles.